The van der Waals surface area contributed by atoms with E-state index in [1.54, 1.807) is 12.4 Å². The fourth-order valence-corrected chi connectivity index (χ4v) is 4.14. The highest BCUT2D eigenvalue weighted by molar-refractivity contribution is 5.74. The normalized spacial score (nSPS) is 18.8. The van der Waals surface area contributed by atoms with Crippen LogP contribution < -0.4 is 10.2 Å². The Kier molecular flexibility index (Phi) is 4.62. The molecule has 0 radical (unpaired) electrons. The third kappa shape index (κ3) is 3.31. The van der Waals surface area contributed by atoms with Crippen LogP contribution in [0.1, 0.15) is 29.8 Å². The van der Waals surface area contributed by atoms with Crippen LogP contribution in [0.4, 0.5) is 5.95 Å². The summed E-state index contributed by atoms with van der Waals surface area (Å²) in [5.74, 6) is 0.883. The summed E-state index contributed by atoms with van der Waals surface area (Å²) in [7, 11) is 0. The molecule has 0 saturated carbocycles. The SMILES string of the molecule is CC(c1ccc2nccnc2c1)N1CCN(c2ncc3c(n2)CCNC3)CC1. The number of benzene rings is 1. The van der Waals surface area contributed by atoms with Gasteiger partial charge in [0.1, 0.15) is 0 Å². The molecule has 1 fully saturated rings. The van der Waals surface area contributed by atoms with Gasteiger partial charge in [-0.15, -0.1) is 0 Å². The number of nitrogens with zero attached hydrogens (tertiary/aromatic N) is 6. The van der Waals surface area contributed by atoms with Crippen LogP contribution in [0.15, 0.2) is 36.8 Å². The van der Waals surface area contributed by atoms with Crippen LogP contribution >= 0.6 is 0 Å². The molecule has 3 aromatic rings. The summed E-state index contributed by atoms with van der Waals surface area (Å²) in [6.45, 7) is 8.07. The first-order valence-corrected chi connectivity index (χ1v) is 10.0. The third-order valence-electron chi connectivity index (χ3n) is 5.92. The van der Waals surface area contributed by atoms with Gasteiger partial charge in [0.15, 0.2) is 0 Å². The fraction of sp³-hybridized carbons (Fsp3) is 0.429. The van der Waals surface area contributed by atoms with Crippen molar-refractivity contribution in [2.75, 3.05) is 37.6 Å². The smallest absolute Gasteiger partial charge is 0.225 e. The highest BCUT2D eigenvalue weighted by Crippen LogP contribution is 2.25. The minimum absolute atomic E-state index is 0.351. The molecular weight excluding hydrogens is 350 g/mol. The number of aromatic nitrogens is 4. The standard InChI is InChI=1S/C21H25N7/c1-15(16-2-3-19-20(12-16)24-7-6-23-19)27-8-10-28(11-9-27)21-25-14-17-13-22-5-4-18(17)26-21/h2-3,6-7,12,14-15,22H,4-5,8-11,13H2,1H3. The molecule has 2 aliphatic heterocycles. The van der Waals surface area contributed by atoms with E-state index in [1.165, 1.54) is 16.8 Å². The molecule has 28 heavy (non-hydrogen) atoms. The number of anilines is 1. The van der Waals surface area contributed by atoms with Crippen molar-refractivity contribution in [1.29, 1.82) is 0 Å². The van der Waals surface area contributed by atoms with Gasteiger partial charge in [-0.2, -0.15) is 0 Å². The average molecular weight is 375 g/mol. The first-order valence-electron chi connectivity index (χ1n) is 10.0. The number of rotatable bonds is 3. The van der Waals surface area contributed by atoms with Gasteiger partial charge in [0.2, 0.25) is 5.95 Å². The van der Waals surface area contributed by atoms with E-state index in [0.29, 0.717) is 6.04 Å². The maximum Gasteiger partial charge on any atom is 0.225 e. The van der Waals surface area contributed by atoms with Crippen LogP contribution in [-0.4, -0.2) is 57.6 Å². The molecular formula is C21H25N7. The average Bonchev–Trinajstić information content (AvgIpc) is 2.78. The summed E-state index contributed by atoms with van der Waals surface area (Å²) in [5, 5.41) is 3.38. The second-order valence-corrected chi connectivity index (χ2v) is 7.57. The van der Waals surface area contributed by atoms with E-state index in [0.717, 1.165) is 62.7 Å². The Labute approximate surface area is 164 Å². The molecule has 1 aromatic carbocycles. The maximum absolute atomic E-state index is 4.84. The Morgan fingerprint density at radius 2 is 1.82 bits per heavy atom. The summed E-state index contributed by atoms with van der Waals surface area (Å²) >= 11 is 0. The molecule has 7 heteroatoms. The molecule has 1 unspecified atom stereocenters. The fourth-order valence-electron chi connectivity index (χ4n) is 4.14. The molecule has 0 spiro atoms. The summed E-state index contributed by atoms with van der Waals surface area (Å²) in [6.07, 6.45) is 6.48. The van der Waals surface area contributed by atoms with Crippen molar-refractivity contribution in [3.63, 3.8) is 0 Å². The van der Waals surface area contributed by atoms with Gasteiger partial charge in [-0.05, 0) is 24.6 Å². The van der Waals surface area contributed by atoms with Crippen molar-refractivity contribution in [2.24, 2.45) is 0 Å². The largest absolute Gasteiger partial charge is 0.338 e. The van der Waals surface area contributed by atoms with Crippen LogP contribution in [0, 0.1) is 0 Å². The van der Waals surface area contributed by atoms with Crippen LogP contribution in [0.2, 0.25) is 0 Å². The summed E-state index contributed by atoms with van der Waals surface area (Å²) in [4.78, 5) is 23.1. The maximum atomic E-state index is 4.84. The molecule has 2 aliphatic rings. The van der Waals surface area contributed by atoms with Crippen molar-refractivity contribution < 1.29 is 0 Å². The van der Waals surface area contributed by atoms with Crippen molar-refractivity contribution >= 4 is 17.0 Å². The lowest BCUT2D eigenvalue weighted by Gasteiger charge is -2.38. The molecule has 0 aliphatic carbocycles. The highest BCUT2D eigenvalue weighted by atomic mass is 15.3. The highest BCUT2D eigenvalue weighted by Gasteiger charge is 2.24. The van der Waals surface area contributed by atoms with Gasteiger partial charge < -0.3 is 10.2 Å². The molecule has 1 N–H and O–H groups in total. The zero-order chi connectivity index (χ0) is 18.9. The zero-order valence-electron chi connectivity index (χ0n) is 16.2. The van der Waals surface area contributed by atoms with Crippen molar-refractivity contribution in [2.45, 2.75) is 25.9 Å². The van der Waals surface area contributed by atoms with Crippen LogP contribution in [0.5, 0.6) is 0 Å². The van der Waals surface area contributed by atoms with Crippen molar-refractivity contribution in [3.8, 4) is 0 Å². The molecule has 1 atom stereocenters. The monoisotopic (exact) mass is 375 g/mol. The first-order chi connectivity index (χ1) is 13.8. The Morgan fingerprint density at radius 3 is 2.68 bits per heavy atom. The van der Waals surface area contributed by atoms with Crippen LogP contribution in [0.3, 0.4) is 0 Å². The molecule has 0 bridgehead atoms. The second-order valence-electron chi connectivity index (χ2n) is 7.57. The Balaban J connectivity index is 1.27. The predicted octanol–water partition coefficient (Wildman–Crippen LogP) is 1.95. The van der Waals surface area contributed by atoms with E-state index < -0.39 is 0 Å². The quantitative estimate of drug-likeness (QED) is 0.750. The lowest BCUT2D eigenvalue weighted by atomic mass is 10.1. The second kappa shape index (κ2) is 7.41. The predicted molar refractivity (Wildman–Crippen MR) is 109 cm³/mol. The number of piperazine rings is 1. The molecule has 5 rings (SSSR count). The molecule has 2 aromatic heterocycles. The van der Waals surface area contributed by atoms with E-state index in [2.05, 4.69) is 55.2 Å². The van der Waals surface area contributed by atoms with Gasteiger partial charge in [0.05, 0.1) is 16.7 Å². The first kappa shape index (κ1) is 17.5. The molecule has 0 amide bonds. The Morgan fingerprint density at radius 1 is 1.00 bits per heavy atom. The third-order valence-corrected chi connectivity index (χ3v) is 5.92. The summed E-state index contributed by atoms with van der Waals surface area (Å²) in [6, 6.07) is 6.76. The zero-order valence-corrected chi connectivity index (χ0v) is 16.2. The number of hydrogen-bond acceptors (Lipinski definition) is 7. The van der Waals surface area contributed by atoms with E-state index in [-0.39, 0.29) is 0 Å². The van der Waals surface area contributed by atoms with Gasteiger partial charge in [0, 0.05) is 75.9 Å². The van der Waals surface area contributed by atoms with Crippen molar-refractivity contribution in [1.82, 2.24) is 30.2 Å². The van der Waals surface area contributed by atoms with Gasteiger partial charge in [-0.3, -0.25) is 14.9 Å². The summed E-state index contributed by atoms with van der Waals surface area (Å²) < 4.78 is 0. The molecule has 1 saturated heterocycles. The Hall–Kier alpha value is -2.64. The molecule has 144 valence electrons. The van der Waals surface area contributed by atoms with Gasteiger partial charge in [-0.25, -0.2) is 9.97 Å². The van der Waals surface area contributed by atoms with Gasteiger partial charge in [-0.1, -0.05) is 6.07 Å². The van der Waals surface area contributed by atoms with E-state index in [9.17, 15) is 0 Å². The summed E-state index contributed by atoms with van der Waals surface area (Å²) in [5.41, 5.74) is 5.64. The van der Waals surface area contributed by atoms with Gasteiger partial charge in [0.25, 0.3) is 0 Å². The van der Waals surface area contributed by atoms with E-state index >= 15 is 0 Å². The lowest BCUT2D eigenvalue weighted by Crippen LogP contribution is -2.47. The number of fused-ring (bicyclic) bond motifs is 2. The minimum Gasteiger partial charge on any atom is -0.338 e. The number of hydrogen-bond donors (Lipinski definition) is 1. The molecule has 7 nitrogen and oxygen atoms in total. The van der Waals surface area contributed by atoms with E-state index in [1.807, 2.05) is 6.20 Å². The number of nitrogens with one attached hydrogen (secondary N) is 1. The Bertz CT molecular complexity index is 981. The topological polar surface area (TPSA) is 70.1 Å². The van der Waals surface area contributed by atoms with Crippen LogP contribution in [0.25, 0.3) is 11.0 Å². The van der Waals surface area contributed by atoms with Gasteiger partial charge >= 0.3 is 0 Å². The van der Waals surface area contributed by atoms with E-state index in [4.69, 9.17) is 4.98 Å². The minimum atomic E-state index is 0.351. The molecule has 4 heterocycles. The lowest BCUT2D eigenvalue weighted by molar-refractivity contribution is 0.198. The van der Waals surface area contributed by atoms with Crippen LogP contribution in [-0.2, 0) is 13.0 Å². The van der Waals surface area contributed by atoms with Crippen molar-refractivity contribution in [3.05, 3.63) is 53.6 Å².